The number of nitrogens with one attached hydrogen (secondary N) is 2. The van der Waals surface area contributed by atoms with E-state index in [4.69, 9.17) is 0 Å². The van der Waals surface area contributed by atoms with Gasteiger partial charge in [0.25, 0.3) is 0 Å². The fourth-order valence-corrected chi connectivity index (χ4v) is 1.55. The Balaban J connectivity index is 2.29. The first-order valence-corrected chi connectivity index (χ1v) is 5.25. The van der Waals surface area contributed by atoms with Crippen LogP contribution in [0.15, 0.2) is 0 Å². The van der Waals surface area contributed by atoms with Gasteiger partial charge in [-0.15, -0.1) is 0 Å². The minimum absolute atomic E-state index is 0.246. The van der Waals surface area contributed by atoms with Crippen LogP contribution in [0.25, 0.3) is 0 Å². The molecule has 1 fully saturated rings. The lowest BCUT2D eigenvalue weighted by Gasteiger charge is -2.23. The molecular formula is C10H20N2O. The van der Waals surface area contributed by atoms with Crippen LogP contribution < -0.4 is 10.6 Å². The largest absolute Gasteiger partial charge is 0.353 e. The van der Waals surface area contributed by atoms with E-state index in [0.717, 1.165) is 32.4 Å². The van der Waals surface area contributed by atoms with Crippen molar-refractivity contribution in [2.75, 3.05) is 13.1 Å². The van der Waals surface area contributed by atoms with Crippen molar-refractivity contribution >= 4 is 5.91 Å². The number of amides is 1. The molecule has 0 saturated carbocycles. The second-order valence-electron chi connectivity index (χ2n) is 3.84. The van der Waals surface area contributed by atoms with Crippen LogP contribution in [0.5, 0.6) is 0 Å². The fourth-order valence-electron chi connectivity index (χ4n) is 1.55. The van der Waals surface area contributed by atoms with E-state index < -0.39 is 0 Å². The minimum atomic E-state index is 0.246. The van der Waals surface area contributed by atoms with E-state index in [2.05, 4.69) is 24.5 Å². The molecule has 0 radical (unpaired) electrons. The van der Waals surface area contributed by atoms with Gasteiger partial charge < -0.3 is 10.6 Å². The minimum Gasteiger partial charge on any atom is -0.353 e. The third kappa shape index (κ3) is 3.35. The molecule has 2 N–H and O–H groups in total. The van der Waals surface area contributed by atoms with Crippen LogP contribution in [0, 0.1) is 5.92 Å². The lowest BCUT2D eigenvalue weighted by molar-refractivity contribution is -0.126. The van der Waals surface area contributed by atoms with Crippen LogP contribution in [0.3, 0.4) is 0 Å². The maximum atomic E-state index is 11.6. The molecule has 1 amide bonds. The molecule has 3 heteroatoms. The average molecular weight is 184 g/mol. The Morgan fingerprint density at radius 2 is 2.15 bits per heavy atom. The summed E-state index contributed by atoms with van der Waals surface area (Å²) in [5.41, 5.74) is 0. The molecule has 0 aromatic rings. The fraction of sp³-hybridized carbons (Fsp3) is 0.900. The van der Waals surface area contributed by atoms with Crippen LogP contribution >= 0.6 is 0 Å². The van der Waals surface area contributed by atoms with Crippen molar-refractivity contribution in [3.63, 3.8) is 0 Å². The van der Waals surface area contributed by atoms with Crippen molar-refractivity contribution in [3.05, 3.63) is 0 Å². The zero-order valence-corrected chi connectivity index (χ0v) is 8.60. The monoisotopic (exact) mass is 184 g/mol. The number of hydrogen-bond acceptors (Lipinski definition) is 2. The summed E-state index contributed by atoms with van der Waals surface area (Å²) in [7, 11) is 0. The quantitative estimate of drug-likeness (QED) is 0.684. The van der Waals surface area contributed by atoms with Gasteiger partial charge in [-0.25, -0.2) is 0 Å². The maximum absolute atomic E-state index is 11.6. The molecule has 1 aliphatic heterocycles. The molecule has 3 nitrogen and oxygen atoms in total. The molecule has 1 aliphatic rings. The highest BCUT2D eigenvalue weighted by Crippen LogP contribution is 2.11. The third-order valence-electron chi connectivity index (χ3n) is 2.71. The van der Waals surface area contributed by atoms with Gasteiger partial charge in [-0.3, -0.25) is 4.79 Å². The normalized spacial score (nSPS) is 21.1. The molecule has 1 atom stereocenters. The second kappa shape index (κ2) is 5.22. The SMILES string of the molecule is CCC(C)NC(=O)C1CCNCC1. The van der Waals surface area contributed by atoms with E-state index in [-0.39, 0.29) is 11.8 Å². The zero-order valence-electron chi connectivity index (χ0n) is 8.60. The summed E-state index contributed by atoms with van der Waals surface area (Å²) in [6.45, 7) is 6.11. The van der Waals surface area contributed by atoms with Gasteiger partial charge in [0.05, 0.1) is 0 Å². The lowest BCUT2D eigenvalue weighted by atomic mass is 9.97. The highest BCUT2D eigenvalue weighted by molar-refractivity contribution is 5.79. The molecule has 1 rings (SSSR count). The summed E-state index contributed by atoms with van der Waals surface area (Å²) in [6.07, 6.45) is 2.99. The van der Waals surface area contributed by atoms with Crippen molar-refractivity contribution in [2.45, 2.75) is 39.2 Å². The highest BCUT2D eigenvalue weighted by atomic mass is 16.1. The first kappa shape index (κ1) is 10.5. The molecule has 0 bridgehead atoms. The first-order valence-electron chi connectivity index (χ1n) is 5.25. The van der Waals surface area contributed by atoms with Gasteiger partial charge >= 0.3 is 0 Å². The van der Waals surface area contributed by atoms with Crippen molar-refractivity contribution in [3.8, 4) is 0 Å². The van der Waals surface area contributed by atoms with Gasteiger partial charge in [0.2, 0.25) is 5.91 Å². The Morgan fingerprint density at radius 1 is 1.54 bits per heavy atom. The molecular weight excluding hydrogens is 164 g/mol. The molecule has 0 aromatic carbocycles. The van der Waals surface area contributed by atoms with E-state index in [1.165, 1.54) is 0 Å². The van der Waals surface area contributed by atoms with Crippen LogP contribution in [0.1, 0.15) is 33.1 Å². The molecule has 0 aliphatic carbocycles. The van der Waals surface area contributed by atoms with Crippen LogP contribution in [0.4, 0.5) is 0 Å². The summed E-state index contributed by atoms with van der Waals surface area (Å²) in [6, 6.07) is 0.322. The molecule has 1 unspecified atom stereocenters. The number of piperidine rings is 1. The number of carbonyl (C=O) groups is 1. The molecule has 76 valence electrons. The van der Waals surface area contributed by atoms with Crippen LogP contribution in [0.2, 0.25) is 0 Å². The zero-order chi connectivity index (χ0) is 9.68. The Bertz CT molecular complexity index is 164. The average Bonchev–Trinajstić information content (AvgIpc) is 2.19. The van der Waals surface area contributed by atoms with Crippen LogP contribution in [-0.4, -0.2) is 25.0 Å². The van der Waals surface area contributed by atoms with Gasteiger partial charge in [-0.2, -0.15) is 0 Å². The van der Waals surface area contributed by atoms with Crippen molar-refractivity contribution in [1.82, 2.24) is 10.6 Å². The molecule has 1 heterocycles. The number of rotatable bonds is 3. The molecule has 0 spiro atoms. The van der Waals surface area contributed by atoms with Crippen LogP contribution in [-0.2, 0) is 4.79 Å². The van der Waals surface area contributed by atoms with Crippen molar-refractivity contribution in [2.24, 2.45) is 5.92 Å². The highest BCUT2D eigenvalue weighted by Gasteiger charge is 2.21. The summed E-state index contributed by atoms with van der Waals surface area (Å²) in [4.78, 5) is 11.6. The maximum Gasteiger partial charge on any atom is 0.223 e. The van der Waals surface area contributed by atoms with E-state index in [1.807, 2.05) is 0 Å². The predicted octanol–water partition coefficient (Wildman–Crippen LogP) is 0.901. The molecule has 0 aromatic heterocycles. The number of hydrogen-bond donors (Lipinski definition) is 2. The van der Waals surface area contributed by atoms with Crippen molar-refractivity contribution < 1.29 is 4.79 Å². The summed E-state index contributed by atoms with van der Waals surface area (Å²) in [5.74, 6) is 0.492. The Labute approximate surface area is 80.3 Å². The lowest BCUT2D eigenvalue weighted by Crippen LogP contribution is -2.41. The Hall–Kier alpha value is -0.570. The van der Waals surface area contributed by atoms with E-state index in [0.29, 0.717) is 6.04 Å². The topological polar surface area (TPSA) is 41.1 Å². The predicted molar refractivity (Wildman–Crippen MR) is 53.5 cm³/mol. The second-order valence-corrected chi connectivity index (χ2v) is 3.84. The summed E-state index contributed by atoms with van der Waals surface area (Å²) < 4.78 is 0. The summed E-state index contributed by atoms with van der Waals surface area (Å²) in [5, 5.41) is 6.29. The summed E-state index contributed by atoms with van der Waals surface area (Å²) >= 11 is 0. The first-order chi connectivity index (χ1) is 6.24. The van der Waals surface area contributed by atoms with Gasteiger partial charge in [-0.05, 0) is 39.3 Å². The smallest absolute Gasteiger partial charge is 0.223 e. The van der Waals surface area contributed by atoms with Gasteiger partial charge in [-0.1, -0.05) is 6.92 Å². The third-order valence-corrected chi connectivity index (χ3v) is 2.71. The van der Waals surface area contributed by atoms with Gasteiger partial charge in [0.1, 0.15) is 0 Å². The van der Waals surface area contributed by atoms with Crippen molar-refractivity contribution in [1.29, 1.82) is 0 Å². The van der Waals surface area contributed by atoms with Gasteiger partial charge in [0.15, 0.2) is 0 Å². The van der Waals surface area contributed by atoms with Gasteiger partial charge in [0, 0.05) is 12.0 Å². The number of carbonyl (C=O) groups excluding carboxylic acids is 1. The van der Waals surface area contributed by atoms with E-state index in [1.54, 1.807) is 0 Å². The molecule has 1 saturated heterocycles. The Morgan fingerprint density at radius 3 is 2.69 bits per heavy atom. The molecule has 13 heavy (non-hydrogen) atoms. The Kier molecular flexibility index (Phi) is 4.22. The standard InChI is InChI=1S/C10H20N2O/c1-3-8(2)12-10(13)9-4-6-11-7-5-9/h8-9,11H,3-7H2,1-2H3,(H,12,13). The van der Waals surface area contributed by atoms with E-state index >= 15 is 0 Å². The van der Waals surface area contributed by atoms with E-state index in [9.17, 15) is 4.79 Å².